The molecule has 1 N–H and O–H groups in total. The van der Waals surface area contributed by atoms with E-state index in [1.54, 1.807) is 4.90 Å². The highest BCUT2D eigenvalue weighted by Crippen LogP contribution is 2.26. The van der Waals surface area contributed by atoms with E-state index in [0.29, 0.717) is 12.3 Å². The van der Waals surface area contributed by atoms with Gasteiger partial charge in [0.25, 0.3) is 0 Å². The van der Waals surface area contributed by atoms with Gasteiger partial charge in [0.2, 0.25) is 5.91 Å². The van der Waals surface area contributed by atoms with Crippen molar-refractivity contribution in [3.8, 4) is 0 Å². The molecule has 1 aliphatic rings. The summed E-state index contributed by atoms with van der Waals surface area (Å²) in [4.78, 5) is 26.9. The van der Waals surface area contributed by atoms with Crippen LogP contribution in [0.5, 0.6) is 0 Å². The third-order valence-corrected chi connectivity index (χ3v) is 3.71. The van der Waals surface area contributed by atoms with Crippen molar-refractivity contribution >= 4 is 11.9 Å². The highest BCUT2D eigenvalue weighted by molar-refractivity contribution is 5.77. The molecule has 1 unspecified atom stereocenters. The summed E-state index contributed by atoms with van der Waals surface area (Å²) in [6, 6.07) is 0. The molecule has 5 nitrogen and oxygen atoms in total. The fraction of sp³-hybridized carbons (Fsp3) is 0.857. The van der Waals surface area contributed by atoms with E-state index in [1.807, 2.05) is 20.9 Å². The van der Waals surface area contributed by atoms with Crippen LogP contribution in [0.15, 0.2) is 0 Å². The number of likely N-dealkylation sites (tertiary alicyclic amines) is 1. The van der Waals surface area contributed by atoms with Gasteiger partial charge in [0.15, 0.2) is 0 Å². The topological polar surface area (TPSA) is 60.9 Å². The van der Waals surface area contributed by atoms with Crippen molar-refractivity contribution in [3.05, 3.63) is 0 Å². The predicted octanol–water partition coefficient (Wildman–Crippen LogP) is 1.29. The van der Waals surface area contributed by atoms with Gasteiger partial charge in [-0.2, -0.15) is 0 Å². The van der Waals surface area contributed by atoms with E-state index in [4.69, 9.17) is 5.11 Å². The minimum absolute atomic E-state index is 0.0265. The lowest BCUT2D eigenvalue weighted by atomic mass is 9.85. The number of carbonyl (C=O) groups is 2. The number of hydrogen-bond acceptors (Lipinski definition) is 3. The summed E-state index contributed by atoms with van der Waals surface area (Å²) in [5.41, 5.74) is -0.482. The molecule has 19 heavy (non-hydrogen) atoms. The van der Waals surface area contributed by atoms with E-state index < -0.39 is 11.4 Å². The number of carboxylic acids is 1. The quantitative estimate of drug-likeness (QED) is 0.790. The van der Waals surface area contributed by atoms with Crippen LogP contribution in [0.2, 0.25) is 0 Å². The Balaban J connectivity index is 2.42. The van der Waals surface area contributed by atoms with Crippen LogP contribution in [-0.2, 0) is 9.59 Å². The van der Waals surface area contributed by atoms with E-state index in [-0.39, 0.29) is 12.3 Å². The van der Waals surface area contributed by atoms with Gasteiger partial charge < -0.3 is 14.9 Å². The highest BCUT2D eigenvalue weighted by Gasteiger charge is 2.28. The monoisotopic (exact) mass is 270 g/mol. The van der Waals surface area contributed by atoms with Crippen molar-refractivity contribution in [2.45, 2.75) is 33.1 Å². The van der Waals surface area contributed by atoms with Crippen molar-refractivity contribution in [3.63, 3.8) is 0 Å². The molecule has 0 aliphatic carbocycles. The number of nitrogens with zero attached hydrogens (tertiary/aromatic N) is 2. The van der Waals surface area contributed by atoms with Crippen LogP contribution in [0.3, 0.4) is 0 Å². The number of rotatable bonds is 6. The van der Waals surface area contributed by atoms with Gasteiger partial charge in [-0.3, -0.25) is 9.59 Å². The lowest BCUT2D eigenvalue weighted by Crippen LogP contribution is -2.35. The van der Waals surface area contributed by atoms with Gasteiger partial charge in [0, 0.05) is 26.6 Å². The maximum absolute atomic E-state index is 12.1. The van der Waals surface area contributed by atoms with Gasteiger partial charge in [0.05, 0.1) is 6.42 Å². The summed E-state index contributed by atoms with van der Waals surface area (Å²) in [5, 5.41) is 8.83. The van der Waals surface area contributed by atoms with Gasteiger partial charge in [0.1, 0.15) is 0 Å². The average Bonchev–Trinajstić information content (AvgIpc) is 2.60. The molecule has 0 aromatic rings. The smallest absolute Gasteiger partial charge is 0.303 e. The van der Waals surface area contributed by atoms with Crippen LogP contribution >= 0.6 is 0 Å². The zero-order valence-corrected chi connectivity index (χ0v) is 12.5. The molecule has 0 aromatic heterocycles. The van der Waals surface area contributed by atoms with E-state index in [2.05, 4.69) is 11.9 Å². The number of carboxylic acid groups (broad SMARTS) is 1. The summed E-state index contributed by atoms with van der Waals surface area (Å²) in [5.74, 6) is -0.264. The molecule has 1 amide bonds. The third kappa shape index (κ3) is 5.59. The Kier molecular flexibility index (Phi) is 5.35. The first-order chi connectivity index (χ1) is 8.69. The van der Waals surface area contributed by atoms with Crippen molar-refractivity contribution in [1.29, 1.82) is 0 Å². The lowest BCUT2D eigenvalue weighted by molar-refractivity contribution is -0.140. The summed E-state index contributed by atoms with van der Waals surface area (Å²) in [6.45, 7) is 6.56. The van der Waals surface area contributed by atoms with Gasteiger partial charge >= 0.3 is 5.97 Å². The standard InChI is InChI=1S/C14H26N2O3/c1-14(2,8-13(18)19)7-12(17)16(4)10-11-5-6-15(3)9-11/h11H,5-10H2,1-4H3,(H,18,19). The first kappa shape index (κ1) is 16.0. The zero-order valence-electron chi connectivity index (χ0n) is 12.5. The van der Waals surface area contributed by atoms with Crippen molar-refractivity contribution < 1.29 is 14.7 Å². The molecule has 5 heteroatoms. The minimum atomic E-state index is -0.849. The molecule has 1 fully saturated rings. The number of amides is 1. The summed E-state index contributed by atoms with van der Waals surface area (Å²) < 4.78 is 0. The molecule has 0 bridgehead atoms. The Bertz CT molecular complexity index is 342. The number of hydrogen-bond donors (Lipinski definition) is 1. The highest BCUT2D eigenvalue weighted by atomic mass is 16.4. The Morgan fingerprint density at radius 1 is 1.37 bits per heavy atom. The first-order valence-corrected chi connectivity index (χ1v) is 6.84. The minimum Gasteiger partial charge on any atom is -0.481 e. The molecule has 1 atom stereocenters. The van der Waals surface area contributed by atoms with E-state index in [1.165, 1.54) is 0 Å². The van der Waals surface area contributed by atoms with E-state index in [9.17, 15) is 9.59 Å². The van der Waals surface area contributed by atoms with Gasteiger partial charge in [-0.15, -0.1) is 0 Å². The summed E-state index contributed by atoms with van der Waals surface area (Å²) >= 11 is 0. The normalized spacial score (nSPS) is 20.5. The second-order valence-electron chi connectivity index (χ2n) is 6.60. The van der Waals surface area contributed by atoms with Crippen molar-refractivity contribution in [2.24, 2.45) is 11.3 Å². The van der Waals surface area contributed by atoms with Gasteiger partial charge in [-0.1, -0.05) is 13.8 Å². The largest absolute Gasteiger partial charge is 0.481 e. The van der Waals surface area contributed by atoms with Crippen LogP contribution < -0.4 is 0 Å². The van der Waals surface area contributed by atoms with Crippen LogP contribution in [0.25, 0.3) is 0 Å². The van der Waals surface area contributed by atoms with Crippen molar-refractivity contribution in [1.82, 2.24) is 9.80 Å². The summed E-state index contributed by atoms with van der Waals surface area (Å²) in [6.07, 6.45) is 1.45. The maximum atomic E-state index is 12.1. The lowest BCUT2D eigenvalue weighted by Gasteiger charge is -2.27. The average molecular weight is 270 g/mol. The molecule has 0 spiro atoms. The van der Waals surface area contributed by atoms with E-state index >= 15 is 0 Å². The molecule has 1 saturated heterocycles. The Hall–Kier alpha value is -1.10. The second-order valence-corrected chi connectivity index (χ2v) is 6.60. The van der Waals surface area contributed by atoms with Crippen LogP contribution in [0.1, 0.15) is 33.1 Å². The first-order valence-electron chi connectivity index (χ1n) is 6.84. The molecule has 0 saturated carbocycles. The molecular weight excluding hydrogens is 244 g/mol. The molecule has 0 aromatic carbocycles. The Morgan fingerprint density at radius 3 is 2.47 bits per heavy atom. The molecular formula is C14H26N2O3. The van der Waals surface area contributed by atoms with E-state index in [0.717, 1.165) is 26.1 Å². The fourth-order valence-corrected chi connectivity index (χ4v) is 2.68. The number of aliphatic carboxylic acids is 1. The molecule has 0 radical (unpaired) electrons. The van der Waals surface area contributed by atoms with Crippen molar-refractivity contribution in [2.75, 3.05) is 33.7 Å². The Morgan fingerprint density at radius 2 is 2.00 bits per heavy atom. The third-order valence-electron chi connectivity index (χ3n) is 3.71. The van der Waals surface area contributed by atoms with Gasteiger partial charge in [-0.05, 0) is 31.3 Å². The van der Waals surface area contributed by atoms with Crippen LogP contribution in [0, 0.1) is 11.3 Å². The SMILES string of the molecule is CN1CCC(CN(C)C(=O)CC(C)(C)CC(=O)O)C1. The summed E-state index contributed by atoms with van der Waals surface area (Å²) in [7, 11) is 3.91. The Labute approximate surface area is 115 Å². The molecule has 1 heterocycles. The fourth-order valence-electron chi connectivity index (χ4n) is 2.68. The maximum Gasteiger partial charge on any atom is 0.303 e. The van der Waals surface area contributed by atoms with Gasteiger partial charge in [-0.25, -0.2) is 0 Å². The molecule has 1 aliphatic heterocycles. The van der Waals surface area contributed by atoms with Crippen LogP contribution in [-0.4, -0.2) is 60.5 Å². The molecule has 110 valence electrons. The molecule has 1 rings (SSSR count). The predicted molar refractivity (Wildman–Crippen MR) is 73.9 cm³/mol. The zero-order chi connectivity index (χ0) is 14.6. The van der Waals surface area contributed by atoms with Crippen LogP contribution in [0.4, 0.5) is 0 Å². The number of carbonyl (C=O) groups excluding carboxylic acids is 1. The second kappa shape index (κ2) is 6.37.